The van der Waals surface area contributed by atoms with Crippen LogP contribution >= 0.6 is 0 Å². The Kier molecular flexibility index (Phi) is 8.56. The minimum Gasteiger partial charge on any atom is -0.366 e. The highest BCUT2D eigenvalue weighted by Crippen LogP contribution is 2.34. The molecular formula is C31H25F6N5O2. The van der Waals surface area contributed by atoms with E-state index in [4.69, 9.17) is 5.73 Å². The summed E-state index contributed by atoms with van der Waals surface area (Å²) in [4.78, 5) is 29.6. The van der Waals surface area contributed by atoms with E-state index in [9.17, 15) is 35.9 Å². The molecule has 3 N–H and O–H groups in total. The van der Waals surface area contributed by atoms with Gasteiger partial charge in [-0.15, -0.1) is 0 Å². The van der Waals surface area contributed by atoms with E-state index >= 15 is 0 Å². The zero-order valence-electron chi connectivity index (χ0n) is 23.0. The Morgan fingerprint density at radius 3 is 2.43 bits per heavy atom. The van der Waals surface area contributed by atoms with Gasteiger partial charge < -0.3 is 11.1 Å². The third-order valence-corrected chi connectivity index (χ3v) is 7.14. The molecule has 4 aromatic rings. The average molecular weight is 614 g/mol. The first-order valence-electron chi connectivity index (χ1n) is 13.5. The molecule has 0 aliphatic heterocycles. The lowest BCUT2D eigenvalue weighted by Gasteiger charge is -2.22. The van der Waals surface area contributed by atoms with Crippen molar-refractivity contribution in [1.82, 2.24) is 20.1 Å². The predicted molar refractivity (Wildman–Crippen MR) is 148 cm³/mol. The van der Waals surface area contributed by atoms with Crippen LogP contribution in [0.1, 0.15) is 58.3 Å². The molecule has 1 unspecified atom stereocenters. The van der Waals surface area contributed by atoms with Crippen LogP contribution in [0, 0.1) is 17.5 Å². The van der Waals surface area contributed by atoms with Crippen molar-refractivity contribution < 1.29 is 35.9 Å². The van der Waals surface area contributed by atoms with Gasteiger partial charge in [0.15, 0.2) is 5.69 Å². The van der Waals surface area contributed by atoms with E-state index in [0.29, 0.717) is 35.6 Å². The summed E-state index contributed by atoms with van der Waals surface area (Å²) < 4.78 is 84.0. The lowest BCUT2D eigenvalue weighted by molar-refractivity contribution is -0.141. The second kappa shape index (κ2) is 12.3. The number of rotatable bonds is 9. The molecule has 2 heterocycles. The number of carbonyl (C=O) groups excluding carboxylic acids is 2. The molecule has 2 aromatic carbocycles. The fraction of sp³-hybridized carbons (Fsp3) is 0.226. The van der Waals surface area contributed by atoms with Crippen LogP contribution < -0.4 is 11.1 Å². The highest BCUT2D eigenvalue weighted by Gasteiger charge is 2.36. The molecule has 0 spiro atoms. The first-order valence-corrected chi connectivity index (χ1v) is 13.5. The summed E-state index contributed by atoms with van der Waals surface area (Å²) in [5.74, 6) is -4.33. The number of hydrogen-bond donors (Lipinski definition) is 2. The SMILES string of the molecule is NC(=O)c1cc(-c2cccnc2C(Cc2cc(F)cc(F)c2)NC(=O)Cn2nc(C(F)(F)F)cc2C2=CCCC2)ccc1F. The van der Waals surface area contributed by atoms with Crippen molar-refractivity contribution in [2.24, 2.45) is 5.73 Å². The molecule has 1 atom stereocenters. The van der Waals surface area contributed by atoms with Crippen LogP contribution in [0.5, 0.6) is 0 Å². The number of pyridine rings is 1. The van der Waals surface area contributed by atoms with Crippen LogP contribution in [0.25, 0.3) is 16.7 Å². The lowest BCUT2D eigenvalue weighted by Crippen LogP contribution is -2.34. The zero-order chi connectivity index (χ0) is 31.6. The van der Waals surface area contributed by atoms with Crippen LogP contribution in [-0.2, 0) is 23.9 Å². The minimum atomic E-state index is -4.73. The van der Waals surface area contributed by atoms with E-state index in [0.717, 1.165) is 35.4 Å². The Balaban J connectivity index is 1.53. The minimum absolute atomic E-state index is 0.150. The molecule has 0 saturated heterocycles. The third-order valence-electron chi connectivity index (χ3n) is 7.14. The number of amides is 2. The normalized spacial score (nSPS) is 13.9. The topological polar surface area (TPSA) is 103 Å². The Morgan fingerprint density at radius 2 is 1.77 bits per heavy atom. The molecule has 0 saturated carbocycles. The van der Waals surface area contributed by atoms with E-state index in [1.807, 2.05) is 0 Å². The van der Waals surface area contributed by atoms with Gasteiger partial charge in [0.05, 0.1) is 23.0 Å². The maximum atomic E-state index is 14.2. The highest BCUT2D eigenvalue weighted by atomic mass is 19.4. The second-order valence-electron chi connectivity index (χ2n) is 10.3. The number of nitrogens with one attached hydrogen (secondary N) is 1. The van der Waals surface area contributed by atoms with Crippen LogP contribution in [0.3, 0.4) is 0 Å². The standard InChI is InChI=1S/C31H25F6N5O2/c32-20-10-17(11-21(33)14-20)12-25(29-22(6-3-9-39-29)19-7-8-24(34)23(13-19)30(38)44)40-28(43)16-42-26(18-4-1-2-5-18)15-27(41-42)31(35,36)37/h3-4,6-11,13-15,25H,1-2,5,12,16H2,(H2,38,44)(H,40,43). The zero-order valence-corrected chi connectivity index (χ0v) is 23.0. The molecule has 2 aromatic heterocycles. The first-order chi connectivity index (χ1) is 20.9. The molecule has 5 rings (SSSR count). The molecule has 13 heteroatoms. The predicted octanol–water partition coefficient (Wildman–Crippen LogP) is 6.15. The number of carbonyl (C=O) groups is 2. The van der Waals surface area contributed by atoms with Crippen molar-refractivity contribution in [2.45, 2.75) is 44.4 Å². The van der Waals surface area contributed by atoms with E-state index in [2.05, 4.69) is 15.4 Å². The van der Waals surface area contributed by atoms with Gasteiger partial charge in [-0.05, 0) is 78.8 Å². The molecule has 1 aliphatic rings. The van der Waals surface area contributed by atoms with Gasteiger partial charge in [0.25, 0.3) is 5.91 Å². The van der Waals surface area contributed by atoms with E-state index in [-0.39, 0.29) is 23.4 Å². The summed E-state index contributed by atoms with van der Waals surface area (Å²) in [5.41, 5.74) is 5.56. The molecule has 0 bridgehead atoms. The molecule has 228 valence electrons. The quantitative estimate of drug-likeness (QED) is 0.221. The fourth-order valence-electron chi connectivity index (χ4n) is 5.22. The monoisotopic (exact) mass is 613 g/mol. The highest BCUT2D eigenvalue weighted by molar-refractivity contribution is 5.94. The van der Waals surface area contributed by atoms with Crippen molar-refractivity contribution in [1.29, 1.82) is 0 Å². The maximum Gasteiger partial charge on any atom is 0.435 e. The number of halogens is 6. The van der Waals surface area contributed by atoms with Gasteiger partial charge in [0.2, 0.25) is 5.91 Å². The van der Waals surface area contributed by atoms with Gasteiger partial charge in [0.1, 0.15) is 24.0 Å². The lowest BCUT2D eigenvalue weighted by atomic mass is 9.94. The Bertz CT molecular complexity index is 1740. The number of benzene rings is 2. The second-order valence-corrected chi connectivity index (χ2v) is 10.3. The largest absolute Gasteiger partial charge is 0.435 e. The first kappa shape index (κ1) is 30.5. The average Bonchev–Trinajstić information content (AvgIpc) is 3.62. The third kappa shape index (κ3) is 6.82. The van der Waals surface area contributed by atoms with Crippen molar-refractivity contribution >= 4 is 17.4 Å². The van der Waals surface area contributed by atoms with Gasteiger partial charge in [-0.1, -0.05) is 18.2 Å². The molecule has 0 fully saturated rings. The van der Waals surface area contributed by atoms with Crippen LogP contribution in [0.4, 0.5) is 26.3 Å². The molecule has 0 radical (unpaired) electrons. The number of aromatic nitrogens is 3. The Labute approximate surface area is 247 Å². The van der Waals surface area contributed by atoms with E-state index in [1.54, 1.807) is 18.2 Å². The number of primary amides is 1. The Morgan fingerprint density at radius 1 is 1.02 bits per heavy atom. The van der Waals surface area contributed by atoms with Gasteiger partial charge in [-0.25, -0.2) is 13.2 Å². The Hall–Kier alpha value is -4.94. The maximum absolute atomic E-state index is 14.2. The van der Waals surface area contributed by atoms with Gasteiger partial charge in [0, 0.05) is 17.8 Å². The smallest absolute Gasteiger partial charge is 0.366 e. The van der Waals surface area contributed by atoms with Crippen LogP contribution in [0.2, 0.25) is 0 Å². The van der Waals surface area contributed by atoms with Gasteiger partial charge >= 0.3 is 6.18 Å². The van der Waals surface area contributed by atoms with Crippen LogP contribution in [0.15, 0.2) is 66.9 Å². The number of alkyl halides is 3. The molecule has 7 nitrogen and oxygen atoms in total. The summed E-state index contributed by atoms with van der Waals surface area (Å²) in [6.45, 7) is -0.596. The number of allylic oxidation sites excluding steroid dienone is 2. The van der Waals surface area contributed by atoms with Gasteiger partial charge in [-0.3, -0.25) is 19.3 Å². The molecule has 1 aliphatic carbocycles. The summed E-state index contributed by atoms with van der Waals surface area (Å²) in [6, 6.07) is 9.41. The number of hydrogen-bond acceptors (Lipinski definition) is 4. The number of nitrogens with two attached hydrogens (primary N) is 1. The van der Waals surface area contributed by atoms with Crippen molar-refractivity contribution in [3.63, 3.8) is 0 Å². The summed E-state index contributed by atoms with van der Waals surface area (Å²) >= 11 is 0. The molecule has 44 heavy (non-hydrogen) atoms. The van der Waals surface area contributed by atoms with Crippen molar-refractivity contribution in [3.8, 4) is 11.1 Å². The molecular weight excluding hydrogens is 588 g/mol. The summed E-state index contributed by atoms with van der Waals surface area (Å²) in [6.07, 6.45) is 0.251. The summed E-state index contributed by atoms with van der Waals surface area (Å²) in [7, 11) is 0. The van der Waals surface area contributed by atoms with E-state index in [1.165, 1.54) is 18.3 Å². The van der Waals surface area contributed by atoms with Crippen molar-refractivity contribution in [3.05, 3.63) is 113 Å². The van der Waals surface area contributed by atoms with Crippen LogP contribution in [-0.4, -0.2) is 26.6 Å². The number of nitrogens with zero attached hydrogens (tertiary/aromatic N) is 3. The van der Waals surface area contributed by atoms with Gasteiger partial charge in [-0.2, -0.15) is 18.3 Å². The molecule has 2 amide bonds. The van der Waals surface area contributed by atoms with Crippen molar-refractivity contribution in [2.75, 3.05) is 0 Å². The summed E-state index contributed by atoms with van der Waals surface area (Å²) in [5, 5.41) is 6.37. The fourth-order valence-corrected chi connectivity index (χ4v) is 5.22. The van der Waals surface area contributed by atoms with E-state index < -0.39 is 59.3 Å².